The van der Waals surface area contributed by atoms with Gasteiger partial charge in [-0.1, -0.05) is 23.5 Å². The van der Waals surface area contributed by atoms with Crippen LogP contribution in [-0.4, -0.2) is 28.7 Å². The van der Waals surface area contributed by atoms with Crippen LogP contribution in [0.25, 0.3) is 4.96 Å². The van der Waals surface area contributed by atoms with Gasteiger partial charge in [-0.15, -0.1) is 5.10 Å². The lowest BCUT2D eigenvalue weighted by Gasteiger charge is -2.12. The number of nitrogens with one attached hydrogen (secondary N) is 1. The second-order valence-electron chi connectivity index (χ2n) is 5.25. The third-order valence-electron chi connectivity index (χ3n) is 3.27. The molecule has 0 fully saturated rings. The van der Waals surface area contributed by atoms with Crippen molar-refractivity contribution in [2.75, 3.05) is 24.3 Å². The molecule has 0 aliphatic carbocycles. The molecule has 7 heteroatoms. The standard InChI is InChI=1S/C15H17N5OS/c1-10-8-13(21)20-15(17-10)22-14(18-20)16-9-11-4-6-12(7-5-11)19(2)3/h4-8H,9H2,1-3H3,(H,16,18). The Morgan fingerprint density at radius 3 is 2.68 bits per heavy atom. The first-order chi connectivity index (χ1) is 10.5. The van der Waals surface area contributed by atoms with E-state index in [0.717, 1.165) is 11.3 Å². The van der Waals surface area contributed by atoms with Crippen molar-refractivity contribution >= 4 is 27.1 Å². The van der Waals surface area contributed by atoms with Gasteiger partial charge in [0.2, 0.25) is 10.1 Å². The maximum atomic E-state index is 11.8. The van der Waals surface area contributed by atoms with E-state index >= 15 is 0 Å². The van der Waals surface area contributed by atoms with Crippen molar-refractivity contribution in [1.82, 2.24) is 14.6 Å². The van der Waals surface area contributed by atoms with E-state index in [1.165, 1.54) is 21.9 Å². The smallest absolute Gasteiger partial charge is 0.275 e. The Hall–Kier alpha value is -2.41. The Labute approximate surface area is 132 Å². The van der Waals surface area contributed by atoms with Crippen LogP contribution < -0.4 is 15.8 Å². The highest BCUT2D eigenvalue weighted by Crippen LogP contribution is 2.18. The Balaban J connectivity index is 1.76. The van der Waals surface area contributed by atoms with Gasteiger partial charge in [-0.3, -0.25) is 4.79 Å². The highest BCUT2D eigenvalue weighted by molar-refractivity contribution is 7.20. The molecule has 22 heavy (non-hydrogen) atoms. The monoisotopic (exact) mass is 315 g/mol. The first-order valence-corrected chi connectivity index (χ1v) is 7.72. The molecule has 2 aromatic heterocycles. The SMILES string of the molecule is Cc1cc(=O)n2nc(NCc3ccc(N(C)C)cc3)sc2n1. The lowest BCUT2D eigenvalue weighted by atomic mass is 10.2. The zero-order valence-corrected chi connectivity index (χ0v) is 13.5. The second kappa shape index (κ2) is 5.76. The maximum absolute atomic E-state index is 11.8. The van der Waals surface area contributed by atoms with E-state index in [-0.39, 0.29) is 5.56 Å². The number of aryl methyl sites for hydroxylation is 1. The summed E-state index contributed by atoms with van der Waals surface area (Å²) in [5, 5.41) is 8.18. The molecular weight excluding hydrogens is 298 g/mol. The molecule has 0 saturated carbocycles. The van der Waals surface area contributed by atoms with Gasteiger partial charge in [0.05, 0.1) is 0 Å². The van der Waals surface area contributed by atoms with Gasteiger partial charge in [0.1, 0.15) is 0 Å². The van der Waals surface area contributed by atoms with E-state index in [0.29, 0.717) is 22.3 Å². The molecule has 0 radical (unpaired) electrons. The normalized spacial score (nSPS) is 10.9. The Morgan fingerprint density at radius 2 is 2.00 bits per heavy atom. The third-order valence-corrected chi connectivity index (χ3v) is 4.14. The summed E-state index contributed by atoms with van der Waals surface area (Å²) in [6.07, 6.45) is 0. The van der Waals surface area contributed by atoms with Crippen molar-refractivity contribution < 1.29 is 0 Å². The summed E-state index contributed by atoms with van der Waals surface area (Å²) in [5.74, 6) is 0. The number of fused-ring (bicyclic) bond motifs is 1. The number of anilines is 2. The predicted octanol–water partition coefficient (Wildman–Crippen LogP) is 2.14. The average molecular weight is 315 g/mol. The number of benzene rings is 1. The quantitative estimate of drug-likeness (QED) is 0.799. The fourth-order valence-electron chi connectivity index (χ4n) is 2.08. The van der Waals surface area contributed by atoms with Gasteiger partial charge in [-0.25, -0.2) is 4.98 Å². The summed E-state index contributed by atoms with van der Waals surface area (Å²) in [6.45, 7) is 2.46. The molecule has 0 saturated heterocycles. The van der Waals surface area contributed by atoms with E-state index in [1.54, 1.807) is 6.92 Å². The molecule has 1 aromatic carbocycles. The minimum absolute atomic E-state index is 0.151. The lowest BCUT2D eigenvalue weighted by Crippen LogP contribution is -2.14. The second-order valence-corrected chi connectivity index (χ2v) is 6.21. The third kappa shape index (κ3) is 2.94. The molecule has 0 bridgehead atoms. The number of rotatable bonds is 4. The Bertz CT molecular complexity index is 850. The highest BCUT2D eigenvalue weighted by Gasteiger charge is 2.07. The first kappa shape index (κ1) is 14.5. The van der Waals surface area contributed by atoms with Crippen molar-refractivity contribution in [2.24, 2.45) is 0 Å². The molecular formula is C15H17N5OS. The van der Waals surface area contributed by atoms with E-state index < -0.39 is 0 Å². The maximum Gasteiger partial charge on any atom is 0.275 e. The van der Waals surface area contributed by atoms with Gasteiger partial charge in [0.15, 0.2) is 0 Å². The molecule has 0 aliphatic rings. The van der Waals surface area contributed by atoms with Crippen molar-refractivity contribution in [3.63, 3.8) is 0 Å². The van der Waals surface area contributed by atoms with Crippen molar-refractivity contribution in [3.8, 4) is 0 Å². The lowest BCUT2D eigenvalue weighted by molar-refractivity contribution is 0.887. The number of hydrogen-bond acceptors (Lipinski definition) is 6. The number of aromatic nitrogens is 3. The molecule has 0 amide bonds. The van der Waals surface area contributed by atoms with Crippen LogP contribution in [0.2, 0.25) is 0 Å². The topological polar surface area (TPSA) is 62.5 Å². The van der Waals surface area contributed by atoms with Crippen LogP contribution >= 0.6 is 11.3 Å². The molecule has 3 aromatic rings. The predicted molar refractivity (Wildman–Crippen MR) is 90.0 cm³/mol. The fourth-order valence-corrected chi connectivity index (χ4v) is 2.93. The van der Waals surface area contributed by atoms with E-state index in [1.807, 2.05) is 14.1 Å². The molecule has 0 unspecified atom stereocenters. The minimum Gasteiger partial charge on any atom is -0.378 e. The van der Waals surface area contributed by atoms with Crippen LogP contribution in [0.4, 0.5) is 10.8 Å². The Morgan fingerprint density at radius 1 is 1.27 bits per heavy atom. The zero-order chi connectivity index (χ0) is 15.7. The first-order valence-electron chi connectivity index (χ1n) is 6.90. The van der Waals surface area contributed by atoms with Crippen LogP contribution in [0.3, 0.4) is 0 Å². The van der Waals surface area contributed by atoms with Crippen LogP contribution in [0.5, 0.6) is 0 Å². The van der Waals surface area contributed by atoms with E-state index in [4.69, 9.17) is 0 Å². The van der Waals surface area contributed by atoms with Crippen molar-refractivity contribution in [3.05, 3.63) is 51.9 Å². The van der Waals surface area contributed by atoms with Gasteiger partial charge < -0.3 is 10.2 Å². The minimum atomic E-state index is -0.151. The van der Waals surface area contributed by atoms with Crippen LogP contribution in [-0.2, 0) is 6.54 Å². The molecule has 114 valence electrons. The molecule has 0 atom stereocenters. The van der Waals surface area contributed by atoms with Gasteiger partial charge in [-0.2, -0.15) is 4.52 Å². The summed E-state index contributed by atoms with van der Waals surface area (Å²) < 4.78 is 1.33. The molecule has 1 N–H and O–H groups in total. The summed E-state index contributed by atoms with van der Waals surface area (Å²) >= 11 is 1.37. The van der Waals surface area contributed by atoms with Crippen LogP contribution in [0, 0.1) is 6.92 Å². The number of hydrogen-bond donors (Lipinski definition) is 1. The molecule has 6 nitrogen and oxygen atoms in total. The van der Waals surface area contributed by atoms with Crippen molar-refractivity contribution in [1.29, 1.82) is 0 Å². The van der Waals surface area contributed by atoms with Gasteiger partial charge >= 0.3 is 0 Å². The van der Waals surface area contributed by atoms with E-state index in [9.17, 15) is 4.79 Å². The van der Waals surface area contributed by atoms with E-state index in [2.05, 4.69) is 44.6 Å². The van der Waals surface area contributed by atoms with Gasteiger partial charge in [0.25, 0.3) is 5.56 Å². The summed E-state index contributed by atoms with van der Waals surface area (Å²) in [7, 11) is 4.03. The summed E-state index contributed by atoms with van der Waals surface area (Å²) in [6, 6.07) is 9.78. The van der Waals surface area contributed by atoms with Crippen molar-refractivity contribution in [2.45, 2.75) is 13.5 Å². The highest BCUT2D eigenvalue weighted by atomic mass is 32.1. The molecule has 0 spiro atoms. The molecule has 0 aliphatic heterocycles. The van der Waals surface area contributed by atoms with Crippen LogP contribution in [0.1, 0.15) is 11.3 Å². The largest absolute Gasteiger partial charge is 0.378 e. The fraction of sp³-hybridized carbons (Fsp3) is 0.267. The van der Waals surface area contributed by atoms with Gasteiger partial charge in [0, 0.05) is 38.1 Å². The molecule has 3 rings (SSSR count). The Kier molecular flexibility index (Phi) is 3.81. The number of nitrogens with zero attached hydrogens (tertiary/aromatic N) is 4. The average Bonchev–Trinajstić information content (AvgIpc) is 2.89. The van der Waals surface area contributed by atoms with Gasteiger partial charge in [-0.05, 0) is 24.6 Å². The van der Waals surface area contributed by atoms with Crippen LogP contribution in [0.15, 0.2) is 35.1 Å². The summed E-state index contributed by atoms with van der Waals surface area (Å²) in [4.78, 5) is 18.8. The molecule has 2 heterocycles. The summed E-state index contributed by atoms with van der Waals surface area (Å²) in [5.41, 5.74) is 2.87. The zero-order valence-electron chi connectivity index (χ0n) is 12.7.